The van der Waals surface area contributed by atoms with Crippen LogP contribution in [0.3, 0.4) is 0 Å². The highest BCUT2D eigenvalue weighted by Gasteiger charge is 2.10. The molecule has 0 saturated carbocycles. The number of hydrogen-bond donors (Lipinski definition) is 3. The molecule has 1 aromatic heterocycles. The molecule has 3 aromatic rings. The van der Waals surface area contributed by atoms with Crippen molar-refractivity contribution in [1.29, 1.82) is 0 Å². The van der Waals surface area contributed by atoms with E-state index in [1.807, 2.05) is 44.2 Å². The van der Waals surface area contributed by atoms with Crippen LogP contribution in [0.2, 0.25) is 0 Å². The molecule has 2 amide bonds. The Morgan fingerprint density at radius 3 is 2.36 bits per heavy atom. The lowest BCUT2D eigenvalue weighted by molar-refractivity contribution is -0.114. The highest BCUT2D eigenvalue weighted by atomic mass is 16.2. The fourth-order valence-electron chi connectivity index (χ4n) is 2.60. The Bertz CT molecular complexity index is 1020. The molecule has 0 aliphatic carbocycles. The lowest BCUT2D eigenvalue weighted by Crippen LogP contribution is -2.15. The Labute approximate surface area is 163 Å². The second-order valence-corrected chi connectivity index (χ2v) is 6.46. The fourth-order valence-corrected chi connectivity index (χ4v) is 2.60. The van der Waals surface area contributed by atoms with Crippen molar-refractivity contribution in [3.05, 3.63) is 71.4 Å². The van der Waals surface area contributed by atoms with Crippen LogP contribution in [0.25, 0.3) is 0 Å². The van der Waals surface area contributed by atoms with Crippen LogP contribution in [0.15, 0.2) is 54.6 Å². The molecule has 0 saturated heterocycles. The van der Waals surface area contributed by atoms with Crippen molar-refractivity contribution in [2.45, 2.75) is 20.8 Å². The van der Waals surface area contributed by atoms with E-state index in [9.17, 15) is 9.59 Å². The standard InChI is InChI=1S/C21H21N5O2/c1-13-7-8-14(2)19(11-13)24-21(28)18-9-10-20(26-25-18)23-17-6-4-5-16(12-17)22-15(3)27/h4-12H,1-3H3,(H,22,27)(H,23,26)(H,24,28). The van der Waals surface area contributed by atoms with Crippen molar-refractivity contribution in [3.63, 3.8) is 0 Å². The fraction of sp³-hybridized carbons (Fsp3) is 0.143. The Morgan fingerprint density at radius 1 is 0.857 bits per heavy atom. The monoisotopic (exact) mass is 375 g/mol. The van der Waals surface area contributed by atoms with Crippen LogP contribution in [0.5, 0.6) is 0 Å². The van der Waals surface area contributed by atoms with Crippen LogP contribution in [-0.2, 0) is 4.79 Å². The summed E-state index contributed by atoms with van der Waals surface area (Å²) in [5.41, 5.74) is 4.43. The van der Waals surface area contributed by atoms with Crippen molar-refractivity contribution in [2.24, 2.45) is 0 Å². The third kappa shape index (κ3) is 4.91. The molecule has 3 N–H and O–H groups in total. The topological polar surface area (TPSA) is 96.0 Å². The quantitative estimate of drug-likeness (QED) is 0.625. The summed E-state index contributed by atoms with van der Waals surface area (Å²) in [7, 11) is 0. The zero-order valence-electron chi connectivity index (χ0n) is 15.9. The average Bonchev–Trinajstić information content (AvgIpc) is 2.65. The molecule has 0 bridgehead atoms. The number of aromatic nitrogens is 2. The Morgan fingerprint density at radius 2 is 1.64 bits per heavy atom. The van der Waals surface area contributed by atoms with E-state index in [-0.39, 0.29) is 17.5 Å². The first-order valence-electron chi connectivity index (χ1n) is 8.78. The first-order valence-corrected chi connectivity index (χ1v) is 8.78. The van der Waals surface area contributed by atoms with E-state index in [1.54, 1.807) is 24.3 Å². The maximum absolute atomic E-state index is 12.4. The highest BCUT2D eigenvalue weighted by Crippen LogP contribution is 2.20. The first-order chi connectivity index (χ1) is 13.4. The number of carbonyl (C=O) groups is 2. The molecule has 7 nitrogen and oxygen atoms in total. The van der Waals surface area contributed by atoms with Gasteiger partial charge in [-0.2, -0.15) is 0 Å². The number of anilines is 4. The van der Waals surface area contributed by atoms with Crippen molar-refractivity contribution in [2.75, 3.05) is 16.0 Å². The Kier molecular flexibility index (Phi) is 5.64. The first kappa shape index (κ1) is 19.0. The minimum absolute atomic E-state index is 0.142. The van der Waals surface area contributed by atoms with E-state index >= 15 is 0 Å². The largest absolute Gasteiger partial charge is 0.339 e. The van der Waals surface area contributed by atoms with Gasteiger partial charge in [0, 0.05) is 24.0 Å². The molecule has 0 radical (unpaired) electrons. The summed E-state index contributed by atoms with van der Waals surface area (Å²) in [6, 6.07) is 16.4. The SMILES string of the molecule is CC(=O)Nc1cccc(Nc2ccc(C(=O)Nc3cc(C)ccc3C)nn2)c1. The van der Waals surface area contributed by atoms with Crippen LogP contribution in [0.4, 0.5) is 22.9 Å². The summed E-state index contributed by atoms with van der Waals surface area (Å²) in [6.07, 6.45) is 0. The lowest BCUT2D eigenvalue weighted by Gasteiger charge is -2.10. The smallest absolute Gasteiger partial charge is 0.276 e. The third-order valence-corrected chi connectivity index (χ3v) is 3.99. The summed E-state index contributed by atoms with van der Waals surface area (Å²) < 4.78 is 0. The number of hydrogen-bond acceptors (Lipinski definition) is 5. The van der Waals surface area contributed by atoms with Crippen LogP contribution >= 0.6 is 0 Å². The van der Waals surface area contributed by atoms with E-state index in [2.05, 4.69) is 26.1 Å². The summed E-state index contributed by atoms with van der Waals surface area (Å²) in [6.45, 7) is 5.35. The highest BCUT2D eigenvalue weighted by molar-refractivity contribution is 6.03. The molecule has 0 atom stereocenters. The van der Waals surface area contributed by atoms with Crippen molar-refractivity contribution in [1.82, 2.24) is 10.2 Å². The molecule has 0 aliphatic heterocycles. The molecule has 7 heteroatoms. The number of amides is 2. The molecule has 0 fully saturated rings. The molecule has 142 valence electrons. The van der Waals surface area contributed by atoms with Crippen molar-refractivity contribution in [3.8, 4) is 0 Å². The van der Waals surface area contributed by atoms with Gasteiger partial charge in [0.05, 0.1) is 0 Å². The number of nitrogens with zero attached hydrogens (tertiary/aromatic N) is 2. The Balaban J connectivity index is 1.68. The minimum Gasteiger partial charge on any atom is -0.339 e. The normalized spacial score (nSPS) is 10.2. The summed E-state index contributed by atoms with van der Waals surface area (Å²) >= 11 is 0. The van der Waals surface area contributed by atoms with Gasteiger partial charge in [0.1, 0.15) is 0 Å². The van der Waals surface area contributed by atoms with Gasteiger partial charge in [-0.3, -0.25) is 9.59 Å². The van der Waals surface area contributed by atoms with Crippen LogP contribution in [0, 0.1) is 13.8 Å². The number of nitrogens with one attached hydrogen (secondary N) is 3. The molecule has 0 spiro atoms. The molecule has 2 aromatic carbocycles. The molecular formula is C21H21N5O2. The zero-order valence-corrected chi connectivity index (χ0v) is 15.9. The van der Waals surface area contributed by atoms with Crippen LogP contribution in [0.1, 0.15) is 28.5 Å². The number of rotatable bonds is 5. The zero-order chi connectivity index (χ0) is 20.1. The van der Waals surface area contributed by atoms with Gasteiger partial charge in [-0.15, -0.1) is 10.2 Å². The second kappa shape index (κ2) is 8.30. The molecular weight excluding hydrogens is 354 g/mol. The van der Waals surface area contributed by atoms with E-state index < -0.39 is 0 Å². The van der Waals surface area contributed by atoms with E-state index in [4.69, 9.17) is 0 Å². The van der Waals surface area contributed by atoms with Crippen molar-refractivity contribution >= 4 is 34.7 Å². The molecule has 0 unspecified atom stereocenters. The lowest BCUT2D eigenvalue weighted by atomic mass is 10.1. The van der Waals surface area contributed by atoms with E-state index in [1.165, 1.54) is 6.92 Å². The average molecular weight is 375 g/mol. The minimum atomic E-state index is -0.319. The van der Waals surface area contributed by atoms with Gasteiger partial charge in [-0.25, -0.2) is 0 Å². The van der Waals surface area contributed by atoms with Gasteiger partial charge in [0.15, 0.2) is 11.5 Å². The number of carbonyl (C=O) groups excluding carboxylic acids is 2. The van der Waals surface area contributed by atoms with Gasteiger partial charge in [-0.1, -0.05) is 18.2 Å². The molecule has 3 rings (SSSR count). The number of benzene rings is 2. The van der Waals surface area contributed by atoms with Gasteiger partial charge in [0.25, 0.3) is 5.91 Å². The summed E-state index contributed by atoms with van der Waals surface area (Å²) in [5, 5.41) is 16.7. The predicted octanol–water partition coefficient (Wildman–Crippen LogP) is 4.05. The van der Waals surface area contributed by atoms with Crippen molar-refractivity contribution < 1.29 is 9.59 Å². The summed E-state index contributed by atoms with van der Waals surface area (Å²) in [5.74, 6) is 0.0276. The summed E-state index contributed by atoms with van der Waals surface area (Å²) in [4.78, 5) is 23.6. The molecule has 28 heavy (non-hydrogen) atoms. The maximum Gasteiger partial charge on any atom is 0.276 e. The third-order valence-electron chi connectivity index (χ3n) is 3.99. The van der Waals surface area contributed by atoms with Crippen LogP contribution in [-0.4, -0.2) is 22.0 Å². The van der Waals surface area contributed by atoms with Gasteiger partial charge in [-0.05, 0) is 61.4 Å². The predicted molar refractivity (Wildman–Crippen MR) is 110 cm³/mol. The second-order valence-electron chi connectivity index (χ2n) is 6.46. The Hall–Kier alpha value is -3.74. The number of aryl methyl sites for hydroxylation is 2. The van der Waals surface area contributed by atoms with Gasteiger partial charge >= 0.3 is 0 Å². The van der Waals surface area contributed by atoms with Crippen LogP contribution < -0.4 is 16.0 Å². The maximum atomic E-state index is 12.4. The van der Waals surface area contributed by atoms with E-state index in [0.29, 0.717) is 11.5 Å². The molecule has 1 heterocycles. The van der Waals surface area contributed by atoms with Gasteiger partial charge in [0.2, 0.25) is 5.91 Å². The van der Waals surface area contributed by atoms with E-state index in [0.717, 1.165) is 22.5 Å². The van der Waals surface area contributed by atoms with Gasteiger partial charge < -0.3 is 16.0 Å². The molecule has 0 aliphatic rings.